The number of nitrogens with one attached hydrogen (secondary N) is 1. The second-order valence-corrected chi connectivity index (χ2v) is 7.27. The fourth-order valence-electron chi connectivity index (χ4n) is 1.50. The number of rotatable bonds is 4. The molecule has 18 heavy (non-hydrogen) atoms. The van der Waals surface area contributed by atoms with Gasteiger partial charge in [0.25, 0.3) is 15.0 Å². The summed E-state index contributed by atoms with van der Waals surface area (Å²) < 4.78 is 22.4. The summed E-state index contributed by atoms with van der Waals surface area (Å²) in [5.41, 5.74) is 0.197. The molecule has 98 valence electrons. The molecular weight excluding hydrogens is 297 g/mol. The van der Waals surface area contributed by atoms with Gasteiger partial charge in [-0.1, -0.05) is 11.6 Å². The van der Waals surface area contributed by atoms with Crippen LogP contribution in [0.15, 0.2) is 23.1 Å². The lowest BCUT2D eigenvalue weighted by Gasteiger charge is -2.06. The summed E-state index contributed by atoms with van der Waals surface area (Å²) in [6.07, 6.45) is 2.24. The van der Waals surface area contributed by atoms with Gasteiger partial charge in [0.05, 0.1) is 4.90 Å². The molecule has 0 saturated heterocycles. The number of carbonyl (C=O) groups is 1. The molecule has 1 aliphatic carbocycles. The zero-order chi connectivity index (χ0) is 13.3. The SMILES string of the molecule is O=C(NCC1CC1)c1cc(Cl)cc(S(=O)(=O)Cl)c1. The third-order valence-corrected chi connectivity index (χ3v) is 4.21. The van der Waals surface area contributed by atoms with Crippen molar-refractivity contribution in [2.75, 3.05) is 6.54 Å². The normalized spacial score (nSPS) is 15.4. The lowest BCUT2D eigenvalue weighted by atomic mass is 10.2. The van der Waals surface area contributed by atoms with Gasteiger partial charge in [0, 0.05) is 27.8 Å². The van der Waals surface area contributed by atoms with Crippen LogP contribution in [-0.2, 0) is 9.05 Å². The first-order valence-corrected chi connectivity index (χ1v) is 8.08. The minimum absolute atomic E-state index is 0.160. The Bertz CT molecular complexity index is 582. The predicted octanol–water partition coefficient (Wildman–Crippen LogP) is 2.41. The van der Waals surface area contributed by atoms with Crippen LogP contribution in [0.1, 0.15) is 23.2 Å². The Morgan fingerprint density at radius 3 is 2.56 bits per heavy atom. The third kappa shape index (κ3) is 3.60. The fourth-order valence-corrected chi connectivity index (χ4v) is 2.60. The summed E-state index contributed by atoms with van der Waals surface area (Å²) in [7, 11) is 1.33. The number of hydrogen-bond donors (Lipinski definition) is 1. The van der Waals surface area contributed by atoms with Crippen molar-refractivity contribution < 1.29 is 13.2 Å². The molecule has 0 unspecified atom stereocenters. The van der Waals surface area contributed by atoms with Crippen LogP contribution >= 0.6 is 22.3 Å². The maximum atomic E-state index is 11.8. The molecule has 1 N–H and O–H groups in total. The summed E-state index contributed by atoms with van der Waals surface area (Å²) >= 11 is 5.77. The van der Waals surface area contributed by atoms with Crippen LogP contribution in [0.4, 0.5) is 0 Å². The highest BCUT2D eigenvalue weighted by Crippen LogP contribution is 2.28. The molecule has 0 radical (unpaired) electrons. The van der Waals surface area contributed by atoms with Gasteiger partial charge >= 0.3 is 0 Å². The zero-order valence-corrected chi connectivity index (χ0v) is 11.6. The van der Waals surface area contributed by atoms with Crippen molar-refractivity contribution in [2.24, 2.45) is 5.92 Å². The van der Waals surface area contributed by atoms with Gasteiger partial charge in [0.15, 0.2) is 0 Å². The van der Waals surface area contributed by atoms with Crippen molar-refractivity contribution in [3.05, 3.63) is 28.8 Å². The number of hydrogen-bond acceptors (Lipinski definition) is 3. The van der Waals surface area contributed by atoms with E-state index in [9.17, 15) is 13.2 Å². The van der Waals surface area contributed by atoms with Crippen molar-refractivity contribution in [2.45, 2.75) is 17.7 Å². The van der Waals surface area contributed by atoms with Gasteiger partial charge < -0.3 is 5.32 Å². The van der Waals surface area contributed by atoms with Gasteiger partial charge in [-0.25, -0.2) is 8.42 Å². The second kappa shape index (κ2) is 5.07. The quantitative estimate of drug-likeness (QED) is 0.869. The Balaban J connectivity index is 2.21. The van der Waals surface area contributed by atoms with Crippen molar-refractivity contribution in [3.63, 3.8) is 0 Å². The van der Waals surface area contributed by atoms with E-state index in [4.69, 9.17) is 22.3 Å². The lowest BCUT2D eigenvalue weighted by molar-refractivity contribution is 0.0951. The number of benzene rings is 1. The van der Waals surface area contributed by atoms with Crippen LogP contribution in [0.5, 0.6) is 0 Å². The first kappa shape index (κ1) is 13.6. The molecule has 1 saturated carbocycles. The van der Waals surface area contributed by atoms with Gasteiger partial charge in [-0.15, -0.1) is 0 Å². The third-order valence-electron chi connectivity index (χ3n) is 2.66. The van der Waals surface area contributed by atoms with E-state index in [0.717, 1.165) is 12.8 Å². The number of halogens is 2. The Morgan fingerprint density at radius 2 is 2.00 bits per heavy atom. The lowest BCUT2D eigenvalue weighted by Crippen LogP contribution is -2.25. The molecule has 0 bridgehead atoms. The predicted molar refractivity (Wildman–Crippen MR) is 69.5 cm³/mol. The molecule has 4 nitrogen and oxygen atoms in total. The van der Waals surface area contributed by atoms with Crippen LogP contribution in [-0.4, -0.2) is 20.9 Å². The van der Waals surface area contributed by atoms with E-state index in [1.807, 2.05) is 0 Å². The molecule has 1 aromatic carbocycles. The second-order valence-electron chi connectivity index (χ2n) is 4.27. The van der Waals surface area contributed by atoms with Crippen molar-refractivity contribution in [1.29, 1.82) is 0 Å². The molecule has 0 aromatic heterocycles. The topological polar surface area (TPSA) is 63.2 Å². The summed E-state index contributed by atoms with van der Waals surface area (Å²) in [6, 6.07) is 3.84. The van der Waals surface area contributed by atoms with E-state index in [1.54, 1.807) is 0 Å². The Labute approximate surface area is 115 Å². The molecule has 0 aliphatic heterocycles. The first-order chi connectivity index (χ1) is 8.36. The standard InChI is InChI=1S/C11H11Cl2NO3S/c12-9-3-8(4-10(5-9)18(13,16)17)11(15)14-6-7-1-2-7/h3-5,7H,1-2,6H2,(H,14,15). The van der Waals surface area contributed by atoms with Gasteiger partial charge in [-0.05, 0) is 37.0 Å². The molecule has 0 heterocycles. The van der Waals surface area contributed by atoms with E-state index in [-0.39, 0.29) is 21.4 Å². The number of amides is 1. The van der Waals surface area contributed by atoms with E-state index >= 15 is 0 Å². The van der Waals surface area contributed by atoms with Crippen LogP contribution in [0.2, 0.25) is 5.02 Å². The van der Waals surface area contributed by atoms with Gasteiger partial charge in [-0.2, -0.15) is 0 Å². The average Bonchev–Trinajstić information content (AvgIpc) is 3.07. The highest BCUT2D eigenvalue weighted by atomic mass is 35.7. The molecule has 0 spiro atoms. The van der Waals surface area contributed by atoms with E-state index in [2.05, 4.69) is 5.32 Å². The highest BCUT2D eigenvalue weighted by molar-refractivity contribution is 8.13. The average molecular weight is 308 g/mol. The van der Waals surface area contributed by atoms with Crippen LogP contribution in [0.3, 0.4) is 0 Å². The molecular formula is C11H11Cl2NO3S. The molecule has 0 atom stereocenters. The maximum Gasteiger partial charge on any atom is 0.261 e. The number of carbonyl (C=O) groups excluding carboxylic acids is 1. The monoisotopic (exact) mass is 307 g/mol. The molecule has 2 rings (SSSR count). The van der Waals surface area contributed by atoms with Crippen molar-refractivity contribution in [3.8, 4) is 0 Å². The maximum absolute atomic E-state index is 11.8. The van der Waals surface area contributed by atoms with E-state index in [0.29, 0.717) is 12.5 Å². The van der Waals surface area contributed by atoms with Gasteiger partial charge in [0.1, 0.15) is 0 Å². The van der Waals surface area contributed by atoms with Crippen LogP contribution in [0.25, 0.3) is 0 Å². The van der Waals surface area contributed by atoms with Gasteiger partial charge in [-0.3, -0.25) is 4.79 Å². The summed E-state index contributed by atoms with van der Waals surface area (Å²) in [6.45, 7) is 0.605. The van der Waals surface area contributed by atoms with E-state index in [1.165, 1.54) is 18.2 Å². The minimum Gasteiger partial charge on any atom is -0.352 e. The van der Waals surface area contributed by atoms with Crippen molar-refractivity contribution >= 4 is 37.2 Å². The van der Waals surface area contributed by atoms with Gasteiger partial charge in [0.2, 0.25) is 0 Å². The fraction of sp³-hybridized carbons (Fsp3) is 0.364. The van der Waals surface area contributed by atoms with E-state index < -0.39 is 9.05 Å². The van der Waals surface area contributed by atoms with Crippen molar-refractivity contribution in [1.82, 2.24) is 5.32 Å². The minimum atomic E-state index is -3.89. The largest absolute Gasteiger partial charge is 0.352 e. The molecule has 7 heteroatoms. The Kier molecular flexibility index (Phi) is 3.84. The Morgan fingerprint density at radius 1 is 1.33 bits per heavy atom. The smallest absolute Gasteiger partial charge is 0.261 e. The molecule has 1 aromatic rings. The molecule has 1 aliphatic rings. The Hall–Kier alpha value is -0.780. The zero-order valence-electron chi connectivity index (χ0n) is 9.32. The van der Waals surface area contributed by atoms with Crippen LogP contribution < -0.4 is 5.32 Å². The first-order valence-electron chi connectivity index (χ1n) is 5.40. The summed E-state index contributed by atoms with van der Waals surface area (Å²) in [4.78, 5) is 11.6. The molecule has 1 fully saturated rings. The molecule has 1 amide bonds. The summed E-state index contributed by atoms with van der Waals surface area (Å²) in [5, 5.41) is 2.89. The summed E-state index contributed by atoms with van der Waals surface area (Å²) in [5.74, 6) is 0.204. The highest BCUT2D eigenvalue weighted by Gasteiger charge is 2.22. The van der Waals surface area contributed by atoms with Crippen LogP contribution in [0, 0.1) is 5.92 Å².